The van der Waals surface area contributed by atoms with Crippen LogP contribution in [0.1, 0.15) is 25.5 Å². The predicted molar refractivity (Wildman–Crippen MR) is 59.0 cm³/mol. The van der Waals surface area contributed by atoms with E-state index in [9.17, 15) is 4.39 Å². The van der Waals surface area contributed by atoms with E-state index >= 15 is 0 Å². The average Bonchev–Trinajstić information content (AvgIpc) is 2.11. The lowest BCUT2D eigenvalue weighted by molar-refractivity contribution is 0.405. The van der Waals surface area contributed by atoms with Crippen molar-refractivity contribution in [3.63, 3.8) is 0 Å². The molecule has 0 aromatic heterocycles. The zero-order valence-corrected chi connectivity index (χ0v) is 9.81. The number of hydrazine groups is 1. The third-order valence-corrected chi connectivity index (χ3v) is 2.63. The lowest BCUT2D eigenvalue weighted by atomic mass is 9.96. The van der Waals surface area contributed by atoms with Gasteiger partial charge < -0.3 is 0 Å². The summed E-state index contributed by atoms with van der Waals surface area (Å²) in [6.07, 6.45) is 0. The van der Waals surface area contributed by atoms with Gasteiger partial charge in [0.05, 0.1) is 6.04 Å². The van der Waals surface area contributed by atoms with Crippen LogP contribution in [0, 0.1) is 11.7 Å². The molecular weight excluding hydrogens is 247 g/mol. The van der Waals surface area contributed by atoms with E-state index in [4.69, 9.17) is 5.84 Å². The molecule has 0 aliphatic heterocycles. The summed E-state index contributed by atoms with van der Waals surface area (Å²) >= 11 is 3.31. The SMILES string of the molecule is CC(C)C(NN)c1cc(Br)ccc1F. The van der Waals surface area contributed by atoms with Gasteiger partial charge in [0.15, 0.2) is 0 Å². The van der Waals surface area contributed by atoms with Crippen LogP contribution in [0.25, 0.3) is 0 Å². The summed E-state index contributed by atoms with van der Waals surface area (Å²) in [5.74, 6) is 5.40. The van der Waals surface area contributed by atoms with Crippen LogP contribution in [0.3, 0.4) is 0 Å². The molecule has 0 saturated carbocycles. The van der Waals surface area contributed by atoms with Crippen LogP contribution in [0.4, 0.5) is 4.39 Å². The second kappa shape index (κ2) is 4.87. The fraction of sp³-hybridized carbons (Fsp3) is 0.400. The van der Waals surface area contributed by atoms with Gasteiger partial charge in [0.1, 0.15) is 5.82 Å². The second-order valence-electron chi connectivity index (χ2n) is 3.55. The Labute approximate surface area is 91.8 Å². The molecule has 0 bridgehead atoms. The van der Waals surface area contributed by atoms with Gasteiger partial charge in [-0.25, -0.2) is 4.39 Å². The average molecular weight is 261 g/mol. The molecule has 0 spiro atoms. The third-order valence-electron chi connectivity index (χ3n) is 2.14. The number of halogens is 2. The minimum absolute atomic E-state index is 0.160. The number of nitrogens with two attached hydrogens (primary N) is 1. The van der Waals surface area contributed by atoms with Gasteiger partial charge in [-0.2, -0.15) is 0 Å². The molecule has 1 aromatic rings. The molecule has 14 heavy (non-hydrogen) atoms. The Kier molecular flexibility index (Phi) is 4.04. The highest BCUT2D eigenvalue weighted by Gasteiger charge is 2.17. The molecule has 0 heterocycles. The summed E-state index contributed by atoms with van der Waals surface area (Å²) in [7, 11) is 0. The maximum atomic E-state index is 13.5. The van der Waals surface area contributed by atoms with Crippen molar-refractivity contribution in [3.05, 3.63) is 34.1 Å². The summed E-state index contributed by atoms with van der Waals surface area (Å²) in [4.78, 5) is 0. The quantitative estimate of drug-likeness (QED) is 0.648. The van der Waals surface area contributed by atoms with Crippen LogP contribution in [0.2, 0.25) is 0 Å². The molecule has 0 aliphatic rings. The van der Waals surface area contributed by atoms with Crippen LogP contribution in [-0.4, -0.2) is 0 Å². The van der Waals surface area contributed by atoms with Crippen LogP contribution in [-0.2, 0) is 0 Å². The standard InChI is InChI=1S/C10H14BrFN2/c1-6(2)10(14-13)8-5-7(11)3-4-9(8)12/h3-6,10,14H,13H2,1-2H3. The van der Waals surface area contributed by atoms with Gasteiger partial charge in [0.2, 0.25) is 0 Å². The predicted octanol–water partition coefficient (Wildman–Crippen LogP) is 2.75. The van der Waals surface area contributed by atoms with Gasteiger partial charge in [0, 0.05) is 10.0 Å². The van der Waals surface area contributed by atoms with Crippen molar-refractivity contribution in [1.29, 1.82) is 0 Å². The van der Waals surface area contributed by atoms with E-state index in [2.05, 4.69) is 21.4 Å². The first-order chi connectivity index (χ1) is 6.56. The molecule has 1 aromatic carbocycles. The number of rotatable bonds is 3. The Morgan fingerprint density at radius 1 is 1.43 bits per heavy atom. The van der Waals surface area contributed by atoms with Crippen molar-refractivity contribution < 1.29 is 4.39 Å². The lowest BCUT2D eigenvalue weighted by Gasteiger charge is -2.20. The van der Waals surface area contributed by atoms with Crippen molar-refractivity contribution in [2.75, 3.05) is 0 Å². The normalized spacial score (nSPS) is 13.3. The van der Waals surface area contributed by atoms with Crippen molar-refractivity contribution in [1.82, 2.24) is 5.43 Å². The van der Waals surface area contributed by atoms with Crippen LogP contribution < -0.4 is 11.3 Å². The fourth-order valence-electron chi connectivity index (χ4n) is 1.39. The summed E-state index contributed by atoms with van der Waals surface area (Å²) < 4.78 is 14.3. The van der Waals surface area contributed by atoms with E-state index < -0.39 is 0 Å². The molecule has 1 rings (SSSR count). The van der Waals surface area contributed by atoms with E-state index in [1.165, 1.54) is 6.07 Å². The first-order valence-electron chi connectivity index (χ1n) is 4.47. The van der Waals surface area contributed by atoms with Gasteiger partial charge in [-0.15, -0.1) is 0 Å². The van der Waals surface area contributed by atoms with Crippen molar-refractivity contribution in [2.24, 2.45) is 11.8 Å². The minimum atomic E-state index is -0.232. The van der Waals surface area contributed by atoms with Gasteiger partial charge in [-0.1, -0.05) is 29.8 Å². The van der Waals surface area contributed by atoms with Crippen molar-refractivity contribution in [3.8, 4) is 0 Å². The molecule has 3 N–H and O–H groups in total. The monoisotopic (exact) mass is 260 g/mol. The Bertz CT molecular complexity index is 315. The van der Waals surface area contributed by atoms with Gasteiger partial charge in [-0.05, 0) is 24.1 Å². The number of hydrogen-bond donors (Lipinski definition) is 2. The molecule has 0 fully saturated rings. The Hall–Kier alpha value is -0.450. The smallest absolute Gasteiger partial charge is 0.128 e. The first-order valence-corrected chi connectivity index (χ1v) is 5.26. The highest BCUT2D eigenvalue weighted by molar-refractivity contribution is 9.10. The maximum absolute atomic E-state index is 13.5. The van der Waals surface area contributed by atoms with Gasteiger partial charge in [-0.3, -0.25) is 11.3 Å². The molecule has 0 amide bonds. The summed E-state index contributed by atoms with van der Waals surface area (Å²) in [5.41, 5.74) is 3.22. The maximum Gasteiger partial charge on any atom is 0.128 e. The summed E-state index contributed by atoms with van der Waals surface area (Å²) in [6, 6.07) is 4.70. The zero-order chi connectivity index (χ0) is 10.7. The molecule has 0 aliphatic carbocycles. The Morgan fingerprint density at radius 3 is 2.57 bits per heavy atom. The summed E-state index contributed by atoms with van der Waals surface area (Å²) in [6.45, 7) is 3.98. The largest absolute Gasteiger partial charge is 0.271 e. The molecule has 78 valence electrons. The molecule has 2 nitrogen and oxygen atoms in total. The lowest BCUT2D eigenvalue weighted by Crippen LogP contribution is -2.32. The third kappa shape index (κ3) is 2.53. The number of hydrogen-bond acceptors (Lipinski definition) is 2. The van der Waals surface area contributed by atoms with Gasteiger partial charge >= 0.3 is 0 Å². The van der Waals surface area contributed by atoms with Crippen LogP contribution in [0.15, 0.2) is 22.7 Å². The minimum Gasteiger partial charge on any atom is -0.271 e. The van der Waals surface area contributed by atoms with Crippen LogP contribution in [0.5, 0.6) is 0 Å². The molecule has 4 heteroatoms. The van der Waals surface area contributed by atoms with E-state index in [0.29, 0.717) is 5.56 Å². The van der Waals surface area contributed by atoms with E-state index in [1.807, 2.05) is 13.8 Å². The fourth-order valence-corrected chi connectivity index (χ4v) is 1.77. The molecule has 1 unspecified atom stereocenters. The molecule has 1 atom stereocenters. The number of benzene rings is 1. The van der Waals surface area contributed by atoms with E-state index in [-0.39, 0.29) is 17.8 Å². The molecular formula is C10H14BrFN2. The molecule has 0 radical (unpaired) electrons. The van der Waals surface area contributed by atoms with E-state index in [0.717, 1.165) is 4.47 Å². The second-order valence-corrected chi connectivity index (χ2v) is 4.47. The Morgan fingerprint density at radius 2 is 2.07 bits per heavy atom. The highest BCUT2D eigenvalue weighted by Crippen LogP contribution is 2.26. The van der Waals surface area contributed by atoms with E-state index in [1.54, 1.807) is 12.1 Å². The summed E-state index contributed by atoms with van der Waals surface area (Å²) in [5, 5.41) is 0. The Balaban J connectivity index is 3.08. The molecule has 0 saturated heterocycles. The van der Waals surface area contributed by atoms with Crippen molar-refractivity contribution >= 4 is 15.9 Å². The van der Waals surface area contributed by atoms with Crippen molar-refractivity contribution in [2.45, 2.75) is 19.9 Å². The van der Waals surface area contributed by atoms with Crippen LogP contribution >= 0.6 is 15.9 Å². The zero-order valence-electron chi connectivity index (χ0n) is 8.22. The first kappa shape index (κ1) is 11.6. The highest BCUT2D eigenvalue weighted by atomic mass is 79.9. The van der Waals surface area contributed by atoms with Gasteiger partial charge in [0.25, 0.3) is 0 Å². The topological polar surface area (TPSA) is 38.0 Å². The number of nitrogens with one attached hydrogen (secondary N) is 1.